The van der Waals surface area contributed by atoms with Gasteiger partial charge in [0.25, 0.3) is 0 Å². The third-order valence-corrected chi connectivity index (χ3v) is 6.36. The van der Waals surface area contributed by atoms with Crippen LogP contribution in [0.2, 0.25) is 5.02 Å². The molecule has 2 N–H and O–H groups in total. The summed E-state index contributed by atoms with van der Waals surface area (Å²) in [6.07, 6.45) is 1.76. The fourth-order valence-corrected chi connectivity index (χ4v) is 4.64. The standard InChI is InChI=1S/C22H24ClN5O2S/c1-3-5-18-25-26-22-28(18)27-19(14-6-8-15(23)9-7-14)20(31-22)21(29)24-16-10-12-17(13-11-16)30-4-2/h6-13,19-20,27H,3-5H2,1-2H3,(H,24,29)/t19-,20+/m1/s1. The second kappa shape index (κ2) is 9.62. The first kappa shape index (κ1) is 21.5. The molecule has 31 heavy (non-hydrogen) atoms. The molecule has 2 atom stereocenters. The maximum absolute atomic E-state index is 13.3. The van der Waals surface area contributed by atoms with Gasteiger partial charge in [0, 0.05) is 17.1 Å². The molecule has 1 aromatic heterocycles. The van der Waals surface area contributed by atoms with Crippen molar-refractivity contribution in [3.63, 3.8) is 0 Å². The zero-order valence-corrected chi connectivity index (χ0v) is 18.9. The summed E-state index contributed by atoms with van der Waals surface area (Å²) in [5.41, 5.74) is 5.13. The minimum atomic E-state index is -0.445. The van der Waals surface area contributed by atoms with Crippen LogP contribution < -0.4 is 15.5 Å². The number of ether oxygens (including phenoxy) is 1. The van der Waals surface area contributed by atoms with Gasteiger partial charge in [0.1, 0.15) is 11.0 Å². The molecule has 0 bridgehead atoms. The number of hydrogen-bond acceptors (Lipinski definition) is 6. The number of aromatic nitrogens is 3. The Labute approximate surface area is 190 Å². The Morgan fingerprint density at radius 3 is 2.58 bits per heavy atom. The summed E-state index contributed by atoms with van der Waals surface area (Å²) in [5.74, 6) is 1.51. The monoisotopic (exact) mass is 457 g/mol. The summed E-state index contributed by atoms with van der Waals surface area (Å²) < 4.78 is 7.37. The molecule has 0 radical (unpaired) electrons. The Kier molecular flexibility index (Phi) is 6.67. The van der Waals surface area contributed by atoms with Crippen molar-refractivity contribution in [3.05, 3.63) is 64.9 Å². The summed E-state index contributed by atoms with van der Waals surface area (Å²) >= 11 is 7.49. The first-order valence-corrected chi connectivity index (χ1v) is 11.5. The Morgan fingerprint density at radius 1 is 1.16 bits per heavy atom. The Balaban J connectivity index is 1.60. The van der Waals surface area contributed by atoms with Gasteiger partial charge >= 0.3 is 0 Å². The number of benzene rings is 2. The highest BCUT2D eigenvalue weighted by molar-refractivity contribution is 8.00. The van der Waals surface area contributed by atoms with Crippen molar-refractivity contribution in [3.8, 4) is 5.75 Å². The predicted octanol–water partition coefficient (Wildman–Crippen LogP) is 4.68. The summed E-state index contributed by atoms with van der Waals surface area (Å²) in [7, 11) is 0. The highest BCUT2D eigenvalue weighted by Crippen LogP contribution is 2.38. The maximum Gasteiger partial charge on any atom is 0.240 e. The number of hydrogen-bond donors (Lipinski definition) is 2. The van der Waals surface area contributed by atoms with Crippen molar-refractivity contribution in [2.24, 2.45) is 0 Å². The lowest BCUT2D eigenvalue weighted by atomic mass is 10.0. The third-order valence-electron chi connectivity index (χ3n) is 4.90. The largest absolute Gasteiger partial charge is 0.494 e. The fourth-order valence-electron chi connectivity index (χ4n) is 3.42. The summed E-state index contributed by atoms with van der Waals surface area (Å²) in [4.78, 5) is 13.3. The van der Waals surface area contributed by atoms with Crippen molar-refractivity contribution >= 4 is 35.0 Å². The summed E-state index contributed by atoms with van der Waals surface area (Å²) in [5, 5.41) is 12.5. The van der Waals surface area contributed by atoms with E-state index in [2.05, 4.69) is 27.9 Å². The quantitative estimate of drug-likeness (QED) is 0.536. The summed E-state index contributed by atoms with van der Waals surface area (Å²) in [6, 6.07) is 14.6. The van der Waals surface area contributed by atoms with Gasteiger partial charge in [0.2, 0.25) is 11.1 Å². The zero-order valence-electron chi connectivity index (χ0n) is 17.3. The maximum atomic E-state index is 13.3. The average Bonchev–Trinajstić information content (AvgIpc) is 3.17. The van der Waals surface area contributed by atoms with Gasteiger partial charge in [-0.1, -0.05) is 42.4 Å². The molecule has 0 unspecified atom stereocenters. The van der Waals surface area contributed by atoms with Gasteiger partial charge in [-0.05, 0) is 55.3 Å². The minimum Gasteiger partial charge on any atom is -0.494 e. The SMILES string of the molecule is CCCc1nnc2n1N[C@H](c1ccc(Cl)cc1)[C@@H](C(=O)Nc1ccc(OCC)cc1)S2. The van der Waals surface area contributed by atoms with Crippen LogP contribution in [0.4, 0.5) is 5.69 Å². The zero-order chi connectivity index (χ0) is 21.8. The first-order valence-electron chi connectivity index (χ1n) is 10.3. The smallest absolute Gasteiger partial charge is 0.240 e. The van der Waals surface area contributed by atoms with Gasteiger partial charge in [-0.2, -0.15) is 0 Å². The van der Waals surface area contributed by atoms with Crippen LogP contribution in [0, 0.1) is 0 Å². The van der Waals surface area contributed by atoms with Gasteiger partial charge in [0.15, 0.2) is 5.82 Å². The van der Waals surface area contributed by atoms with Gasteiger partial charge in [-0.25, -0.2) is 4.68 Å². The molecule has 0 aliphatic carbocycles. The van der Waals surface area contributed by atoms with Crippen LogP contribution in [-0.2, 0) is 11.2 Å². The third kappa shape index (κ3) is 4.80. The predicted molar refractivity (Wildman–Crippen MR) is 123 cm³/mol. The van der Waals surface area contributed by atoms with Gasteiger partial charge in [0.05, 0.1) is 12.6 Å². The van der Waals surface area contributed by atoms with Crippen molar-refractivity contribution in [2.75, 3.05) is 17.3 Å². The van der Waals surface area contributed by atoms with Gasteiger partial charge < -0.3 is 15.5 Å². The molecule has 0 spiro atoms. The van der Waals surface area contributed by atoms with Crippen LogP contribution >= 0.6 is 23.4 Å². The lowest BCUT2D eigenvalue weighted by Gasteiger charge is -2.33. The number of carbonyl (C=O) groups excluding carboxylic acids is 1. The second-order valence-electron chi connectivity index (χ2n) is 7.13. The molecular formula is C22H24ClN5O2S. The number of fused-ring (bicyclic) bond motifs is 1. The minimum absolute atomic E-state index is 0.118. The number of aryl methyl sites for hydroxylation is 1. The van der Waals surface area contributed by atoms with Crippen LogP contribution in [-0.4, -0.2) is 32.6 Å². The number of amides is 1. The first-order chi connectivity index (χ1) is 15.1. The number of thioether (sulfide) groups is 1. The second-order valence-corrected chi connectivity index (χ2v) is 8.67. The van der Waals surface area contributed by atoms with Crippen molar-refractivity contribution in [1.82, 2.24) is 14.9 Å². The molecule has 2 aromatic carbocycles. The highest BCUT2D eigenvalue weighted by Gasteiger charge is 2.37. The van der Waals surface area contributed by atoms with Crippen molar-refractivity contribution in [1.29, 1.82) is 0 Å². The lowest BCUT2D eigenvalue weighted by molar-refractivity contribution is -0.116. The molecule has 4 rings (SSSR count). The van der Waals surface area contributed by atoms with E-state index < -0.39 is 5.25 Å². The molecule has 3 aromatic rings. The molecule has 1 amide bonds. The van der Waals surface area contributed by atoms with Gasteiger partial charge in [-0.3, -0.25) is 4.79 Å². The molecule has 0 saturated carbocycles. The van der Waals surface area contributed by atoms with Gasteiger partial charge in [-0.15, -0.1) is 10.2 Å². The van der Waals surface area contributed by atoms with E-state index in [4.69, 9.17) is 16.3 Å². The fraction of sp³-hybridized carbons (Fsp3) is 0.318. The molecule has 7 nitrogen and oxygen atoms in total. The number of anilines is 1. The lowest BCUT2D eigenvalue weighted by Crippen LogP contribution is -2.41. The van der Waals surface area contributed by atoms with Crippen molar-refractivity contribution < 1.29 is 9.53 Å². The van der Waals surface area contributed by atoms with E-state index in [1.165, 1.54) is 11.8 Å². The number of rotatable bonds is 7. The van der Waals surface area contributed by atoms with E-state index in [-0.39, 0.29) is 11.9 Å². The number of halogens is 1. The topological polar surface area (TPSA) is 81.1 Å². The molecule has 9 heteroatoms. The molecule has 162 valence electrons. The van der Waals surface area contributed by atoms with Crippen LogP contribution in [0.15, 0.2) is 53.7 Å². The molecule has 1 aliphatic rings. The normalized spacial score (nSPS) is 17.5. The molecule has 2 heterocycles. The van der Waals surface area contributed by atoms with E-state index in [1.54, 1.807) is 0 Å². The molecule has 0 fully saturated rings. The van der Waals surface area contributed by atoms with Crippen LogP contribution in [0.3, 0.4) is 0 Å². The Hall–Kier alpha value is -2.71. The Bertz CT molecular complexity index is 1040. The molecular weight excluding hydrogens is 434 g/mol. The van der Waals surface area contributed by atoms with Crippen molar-refractivity contribution in [2.45, 2.75) is 43.1 Å². The van der Waals surface area contributed by atoms with E-state index >= 15 is 0 Å². The molecule has 0 saturated heterocycles. The average molecular weight is 458 g/mol. The van der Waals surface area contributed by atoms with Crippen LogP contribution in [0.1, 0.15) is 37.7 Å². The van der Waals surface area contributed by atoms with E-state index in [1.807, 2.05) is 60.1 Å². The summed E-state index contributed by atoms with van der Waals surface area (Å²) in [6.45, 7) is 4.63. The Morgan fingerprint density at radius 2 is 1.90 bits per heavy atom. The van der Waals surface area contributed by atoms with Crippen LogP contribution in [0.25, 0.3) is 0 Å². The number of nitrogens with zero attached hydrogens (tertiary/aromatic N) is 3. The van der Waals surface area contributed by atoms with Crippen LogP contribution in [0.5, 0.6) is 5.75 Å². The number of carbonyl (C=O) groups is 1. The van der Waals surface area contributed by atoms with E-state index in [0.29, 0.717) is 22.5 Å². The van der Waals surface area contributed by atoms with E-state index in [0.717, 1.165) is 30.0 Å². The number of nitrogens with one attached hydrogen (secondary N) is 2. The molecule has 1 aliphatic heterocycles. The highest BCUT2D eigenvalue weighted by atomic mass is 35.5. The van der Waals surface area contributed by atoms with E-state index in [9.17, 15) is 4.79 Å².